The molecule has 3 amide bonds. The number of azo groups is 2. The molecule has 0 saturated heterocycles. The molecule has 0 atom stereocenters. The molecule has 0 heterocycles. The van der Waals surface area contributed by atoms with Gasteiger partial charge in [0.05, 0.1) is 22.6 Å². The zero-order chi connectivity index (χ0) is 48.5. The normalized spacial score (nSPS) is 11.7. The fraction of sp³-hybridized carbons (Fsp3) is 0.0588. The molecule has 0 unspecified atom stereocenters. The number of hydrogen-bond donors (Lipinski definition) is 5. The maximum Gasteiger partial charge on any atom is 0.416 e. The van der Waals surface area contributed by atoms with Crippen LogP contribution < -0.4 is 16.1 Å². The number of amides is 3. The number of oxime groups is 1. The number of nitrogens with zero attached hydrogens (tertiary/aromatic N) is 5. The number of nitrogens with one attached hydrogen (secondary N) is 3. The van der Waals surface area contributed by atoms with Crippen LogP contribution in [0, 0.1) is 6.92 Å². The van der Waals surface area contributed by atoms with Gasteiger partial charge in [-0.1, -0.05) is 53.7 Å². The summed E-state index contributed by atoms with van der Waals surface area (Å²) in [4.78, 5) is 49.2. The van der Waals surface area contributed by atoms with E-state index >= 15 is 0 Å². The number of aryl methyl sites for hydroxylation is 1. The zero-order valence-corrected chi connectivity index (χ0v) is 36.1. The van der Waals surface area contributed by atoms with Gasteiger partial charge in [-0.3, -0.25) is 14.9 Å². The van der Waals surface area contributed by atoms with E-state index < -0.39 is 23.7 Å². The summed E-state index contributed by atoms with van der Waals surface area (Å²) in [6.45, 7) is 2.14. The highest BCUT2D eigenvalue weighted by molar-refractivity contribution is 6.10. The van der Waals surface area contributed by atoms with E-state index in [4.69, 9.17) is 9.68 Å². The fourth-order valence-corrected chi connectivity index (χ4v) is 6.91. The van der Waals surface area contributed by atoms with Gasteiger partial charge < -0.3 is 25.2 Å². The molecule has 0 aliphatic heterocycles. The van der Waals surface area contributed by atoms with Crippen LogP contribution in [-0.4, -0.2) is 34.3 Å². The summed E-state index contributed by atoms with van der Waals surface area (Å²) in [5.74, 6) is -1.37. The Kier molecular flexibility index (Phi) is 13.6. The van der Waals surface area contributed by atoms with Crippen molar-refractivity contribution in [2.45, 2.75) is 19.7 Å². The first-order valence-corrected chi connectivity index (χ1v) is 20.8. The Balaban J connectivity index is 0.862. The number of fused-ring (bicyclic) bond motifs is 2. The molecule has 0 saturated carbocycles. The number of phenols is 2. The third-order valence-electron chi connectivity index (χ3n) is 10.3. The number of hydrogen-bond acceptors (Lipinski definition) is 13. The molecule has 0 aliphatic rings. The van der Waals surface area contributed by atoms with Crippen LogP contribution in [0.5, 0.6) is 11.5 Å². The molecule has 0 radical (unpaired) electrons. The van der Waals surface area contributed by atoms with E-state index in [0.717, 1.165) is 46.8 Å². The molecule has 0 spiro atoms. The number of aromatic hydroxyl groups is 2. The average Bonchev–Trinajstić information content (AvgIpc) is 3.34. The Morgan fingerprint density at radius 3 is 1.83 bits per heavy atom. The van der Waals surface area contributed by atoms with Crippen LogP contribution in [0.4, 0.5) is 52.1 Å². The van der Waals surface area contributed by atoms with Crippen LogP contribution in [-0.2, 0) is 22.5 Å². The number of carbonyl (C=O) groups excluding carboxylic acids is 3. The Bertz CT molecular complexity index is 3330. The summed E-state index contributed by atoms with van der Waals surface area (Å²) < 4.78 is 39.2. The maximum atomic E-state index is 13.4. The van der Waals surface area contributed by atoms with Gasteiger partial charge in [-0.2, -0.15) is 23.4 Å². The highest BCUT2D eigenvalue weighted by Gasteiger charge is 2.30. The van der Waals surface area contributed by atoms with Gasteiger partial charge in [0.25, 0.3) is 5.91 Å². The SMILES string of the molecule is Cc1cccc(NO/C=N/OCc2ccc3c(N=Nc4ccc(C(=O)c5ccc(N=Nc6c(O)ccc7cc(C(=O)NC(=O)Nc8cccc(C(F)(F)F)c8)ccc67)cc5)cc4)c(O)ccc3c2)c1. The van der Waals surface area contributed by atoms with Crippen molar-refractivity contribution >= 4 is 79.8 Å². The molecule has 69 heavy (non-hydrogen) atoms. The molecule has 8 aromatic rings. The van der Waals surface area contributed by atoms with E-state index in [2.05, 4.69) is 41.7 Å². The molecular weight excluding hydrogens is 894 g/mol. The molecule has 344 valence electrons. The number of alkyl halides is 3. The van der Waals surface area contributed by atoms with Crippen molar-refractivity contribution in [1.82, 2.24) is 5.32 Å². The summed E-state index contributed by atoms with van der Waals surface area (Å²) in [5, 5.41) is 48.8. The lowest BCUT2D eigenvalue weighted by molar-refractivity contribution is -0.137. The van der Waals surface area contributed by atoms with E-state index in [1.54, 1.807) is 60.7 Å². The van der Waals surface area contributed by atoms with Crippen LogP contribution in [0.15, 0.2) is 183 Å². The number of ketones is 1. The largest absolute Gasteiger partial charge is 0.506 e. The van der Waals surface area contributed by atoms with Gasteiger partial charge in [0.15, 0.2) is 5.78 Å². The zero-order valence-electron chi connectivity index (χ0n) is 36.1. The number of halogens is 3. The average molecular weight is 931 g/mol. The number of phenolic OH excluding ortho intramolecular Hbond substituents is 2. The minimum atomic E-state index is -4.62. The van der Waals surface area contributed by atoms with E-state index in [1.165, 1.54) is 42.5 Å². The summed E-state index contributed by atoms with van der Waals surface area (Å²) in [5.41, 5.74) is 6.28. The van der Waals surface area contributed by atoms with Gasteiger partial charge in [-0.15, -0.1) is 10.2 Å². The highest BCUT2D eigenvalue weighted by atomic mass is 19.4. The van der Waals surface area contributed by atoms with Gasteiger partial charge >= 0.3 is 12.2 Å². The molecule has 8 rings (SSSR count). The van der Waals surface area contributed by atoms with Gasteiger partial charge in [-0.25, -0.2) is 10.3 Å². The van der Waals surface area contributed by atoms with Crippen LogP contribution in [0.2, 0.25) is 0 Å². The summed E-state index contributed by atoms with van der Waals surface area (Å²) >= 11 is 0. The Morgan fingerprint density at radius 1 is 0.623 bits per heavy atom. The van der Waals surface area contributed by atoms with E-state index in [1.807, 2.05) is 43.3 Å². The molecule has 18 heteroatoms. The van der Waals surface area contributed by atoms with Gasteiger partial charge in [0, 0.05) is 33.2 Å². The summed E-state index contributed by atoms with van der Waals surface area (Å²) in [6, 6.07) is 39.4. The predicted octanol–water partition coefficient (Wildman–Crippen LogP) is 13.3. The first-order chi connectivity index (χ1) is 33.3. The van der Waals surface area contributed by atoms with Crippen LogP contribution in [0.3, 0.4) is 0 Å². The lowest BCUT2D eigenvalue weighted by Gasteiger charge is -2.11. The second-order valence-electron chi connectivity index (χ2n) is 15.2. The first-order valence-electron chi connectivity index (χ1n) is 20.8. The third kappa shape index (κ3) is 11.5. The van der Waals surface area contributed by atoms with Crippen LogP contribution >= 0.6 is 0 Å². The van der Waals surface area contributed by atoms with Crippen molar-refractivity contribution in [3.05, 3.63) is 191 Å². The van der Waals surface area contributed by atoms with E-state index in [0.29, 0.717) is 38.7 Å². The molecule has 5 N–H and O–H groups in total. The van der Waals surface area contributed by atoms with Crippen LogP contribution in [0.25, 0.3) is 21.5 Å². The van der Waals surface area contributed by atoms with Gasteiger partial charge in [0.2, 0.25) is 6.40 Å². The monoisotopic (exact) mass is 930 g/mol. The molecule has 0 bridgehead atoms. The quantitative estimate of drug-likeness (QED) is 0.0232. The first kappa shape index (κ1) is 46.1. The number of imide groups is 1. The molecule has 15 nitrogen and oxygen atoms in total. The van der Waals surface area contributed by atoms with Crippen molar-refractivity contribution in [2.75, 3.05) is 10.8 Å². The lowest BCUT2D eigenvalue weighted by atomic mass is 10.0. The van der Waals surface area contributed by atoms with E-state index in [9.17, 15) is 37.8 Å². The Morgan fingerprint density at radius 2 is 1.20 bits per heavy atom. The minimum absolute atomic E-state index is 0.0515. The number of anilines is 2. The second kappa shape index (κ2) is 20.4. The van der Waals surface area contributed by atoms with E-state index in [-0.39, 0.29) is 46.5 Å². The Hall–Kier alpha value is -9.45. The van der Waals surface area contributed by atoms with Crippen molar-refractivity contribution in [3.8, 4) is 11.5 Å². The third-order valence-corrected chi connectivity index (χ3v) is 10.3. The number of benzene rings is 8. The second-order valence-corrected chi connectivity index (χ2v) is 15.2. The maximum absolute atomic E-state index is 13.4. The summed E-state index contributed by atoms with van der Waals surface area (Å²) in [6.07, 6.45) is -3.46. The molecule has 0 aromatic heterocycles. The number of urea groups is 1. The lowest BCUT2D eigenvalue weighted by Crippen LogP contribution is -2.34. The predicted molar refractivity (Wildman–Crippen MR) is 253 cm³/mol. The molecule has 0 aliphatic carbocycles. The van der Waals surface area contributed by atoms with Crippen LogP contribution in [0.1, 0.15) is 43.0 Å². The minimum Gasteiger partial charge on any atom is -0.506 e. The standard InChI is InChI=1S/C51H37F3N8O7/c1-30-4-2-7-41(24-30)62-69-29-55-68-28-31-8-20-42-34(25-31)14-22-44(63)46(42)60-58-38-16-9-32(10-17-38)48(65)33-11-18-39(19-12-33)59-61-47-43-21-13-36(26-35(43)15-23-45(47)64)49(66)57-50(67)56-40-6-3-5-37(27-40)51(52,53)54/h2-27,29,62-64H,28H2,1H3,(H2,56,57,66,67)/b55-29+,60-58?,61-59?. The molecule has 8 aromatic carbocycles. The fourth-order valence-electron chi connectivity index (χ4n) is 6.91. The topological polar surface area (TPSA) is 208 Å². The van der Waals surface area contributed by atoms with Gasteiger partial charge in [0.1, 0.15) is 29.5 Å². The van der Waals surface area contributed by atoms with Crippen molar-refractivity contribution in [3.63, 3.8) is 0 Å². The smallest absolute Gasteiger partial charge is 0.416 e. The highest BCUT2D eigenvalue weighted by Crippen LogP contribution is 2.38. The molecular formula is C51H37F3N8O7. The van der Waals surface area contributed by atoms with Crippen molar-refractivity contribution in [2.24, 2.45) is 25.6 Å². The Labute approximate surface area is 390 Å². The number of carbonyl (C=O) groups is 3. The number of rotatable bonds is 14. The van der Waals surface area contributed by atoms with Gasteiger partial charge in [-0.05, 0) is 138 Å². The van der Waals surface area contributed by atoms with Crippen molar-refractivity contribution in [1.29, 1.82) is 0 Å². The molecule has 0 fully saturated rings. The summed E-state index contributed by atoms with van der Waals surface area (Å²) in [7, 11) is 0. The van der Waals surface area contributed by atoms with Crippen molar-refractivity contribution < 1.29 is 47.4 Å².